The van der Waals surface area contributed by atoms with E-state index in [0.29, 0.717) is 35.5 Å². The van der Waals surface area contributed by atoms with Gasteiger partial charge in [-0.2, -0.15) is 0 Å². The van der Waals surface area contributed by atoms with Crippen LogP contribution in [0.15, 0.2) is 53.4 Å². The third-order valence-corrected chi connectivity index (χ3v) is 7.19. The summed E-state index contributed by atoms with van der Waals surface area (Å²) in [5.74, 6) is 0. The summed E-state index contributed by atoms with van der Waals surface area (Å²) in [6.07, 6.45) is 0.893. The lowest BCUT2D eigenvalue weighted by Gasteiger charge is -2.36. The Labute approximate surface area is 193 Å². The van der Waals surface area contributed by atoms with Crippen molar-refractivity contribution >= 4 is 33.3 Å². The Hall–Kier alpha value is -2.17. The summed E-state index contributed by atoms with van der Waals surface area (Å²) in [6.45, 7) is 1.71. The summed E-state index contributed by atoms with van der Waals surface area (Å²) in [5, 5.41) is 15.8. The standard InChI is InChI=1S/C22H28ClN3O5S/c1-15-5-2-3-8-21(15)32(29,30)24-12-11-18-9-10-19(20(14-27)31-18)26-22(28)25-17-7-4-6-16(23)13-17/h2-8,13,18-20,24,27H,9-12,14H2,1H3,(H2,25,26,28)/t18-,19+,20-/m1/s1. The van der Waals surface area contributed by atoms with Crippen molar-refractivity contribution in [3.05, 3.63) is 59.1 Å². The summed E-state index contributed by atoms with van der Waals surface area (Å²) < 4.78 is 33.5. The summed E-state index contributed by atoms with van der Waals surface area (Å²) in [6, 6.07) is 12.8. The number of urea groups is 1. The van der Waals surface area contributed by atoms with E-state index in [4.69, 9.17) is 16.3 Å². The van der Waals surface area contributed by atoms with Gasteiger partial charge in [-0.25, -0.2) is 17.9 Å². The highest BCUT2D eigenvalue weighted by Crippen LogP contribution is 2.23. The molecule has 0 radical (unpaired) electrons. The van der Waals surface area contributed by atoms with Gasteiger partial charge in [-0.15, -0.1) is 0 Å². The number of hydrogen-bond acceptors (Lipinski definition) is 5. The molecule has 0 unspecified atom stereocenters. The number of carbonyl (C=O) groups is 1. The van der Waals surface area contributed by atoms with Crippen LogP contribution >= 0.6 is 11.6 Å². The number of benzene rings is 2. The molecule has 4 N–H and O–H groups in total. The fraction of sp³-hybridized carbons (Fsp3) is 0.409. The molecule has 32 heavy (non-hydrogen) atoms. The summed E-state index contributed by atoms with van der Waals surface area (Å²) in [4.78, 5) is 12.6. The van der Waals surface area contributed by atoms with E-state index in [1.54, 1.807) is 55.5 Å². The third kappa shape index (κ3) is 6.66. The molecule has 2 aromatic carbocycles. The van der Waals surface area contributed by atoms with Gasteiger partial charge in [0.2, 0.25) is 10.0 Å². The first-order valence-corrected chi connectivity index (χ1v) is 12.3. The van der Waals surface area contributed by atoms with E-state index in [1.807, 2.05) is 0 Å². The van der Waals surface area contributed by atoms with Crippen LogP contribution in [0.2, 0.25) is 5.02 Å². The van der Waals surface area contributed by atoms with E-state index in [0.717, 1.165) is 0 Å². The number of sulfonamides is 1. The second-order valence-corrected chi connectivity index (χ2v) is 9.90. The van der Waals surface area contributed by atoms with Crippen molar-refractivity contribution in [3.63, 3.8) is 0 Å². The maximum Gasteiger partial charge on any atom is 0.319 e. The summed E-state index contributed by atoms with van der Waals surface area (Å²) >= 11 is 5.93. The van der Waals surface area contributed by atoms with Crippen molar-refractivity contribution in [2.45, 2.75) is 49.3 Å². The first-order chi connectivity index (χ1) is 15.3. The first-order valence-electron chi connectivity index (χ1n) is 10.4. The van der Waals surface area contributed by atoms with Crippen LogP contribution < -0.4 is 15.4 Å². The topological polar surface area (TPSA) is 117 Å². The number of anilines is 1. The molecule has 0 bridgehead atoms. The van der Waals surface area contributed by atoms with Crippen LogP contribution in [-0.4, -0.2) is 51.0 Å². The van der Waals surface area contributed by atoms with Gasteiger partial charge in [-0.05, 0) is 56.0 Å². The minimum absolute atomic E-state index is 0.215. The van der Waals surface area contributed by atoms with Crippen LogP contribution in [-0.2, 0) is 14.8 Å². The van der Waals surface area contributed by atoms with Crippen molar-refractivity contribution in [1.82, 2.24) is 10.0 Å². The van der Waals surface area contributed by atoms with Gasteiger partial charge in [0, 0.05) is 17.3 Å². The molecule has 3 atom stereocenters. The van der Waals surface area contributed by atoms with Crippen molar-refractivity contribution in [2.75, 3.05) is 18.5 Å². The van der Waals surface area contributed by atoms with Crippen molar-refractivity contribution in [3.8, 4) is 0 Å². The molecular weight excluding hydrogens is 454 g/mol. The van der Waals surface area contributed by atoms with Crippen LogP contribution in [0.1, 0.15) is 24.8 Å². The monoisotopic (exact) mass is 481 g/mol. The lowest BCUT2D eigenvalue weighted by molar-refractivity contribution is -0.0884. The van der Waals surface area contributed by atoms with Gasteiger partial charge in [0.15, 0.2) is 0 Å². The van der Waals surface area contributed by atoms with Gasteiger partial charge in [0.05, 0.1) is 23.6 Å². The Morgan fingerprint density at radius 1 is 1.19 bits per heavy atom. The van der Waals surface area contributed by atoms with E-state index >= 15 is 0 Å². The van der Waals surface area contributed by atoms with E-state index in [2.05, 4.69) is 15.4 Å². The van der Waals surface area contributed by atoms with Crippen molar-refractivity contribution in [2.24, 2.45) is 0 Å². The average molecular weight is 482 g/mol. The van der Waals surface area contributed by atoms with Crippen LogP contribution in [0.5, 0.6) is 0 Å². The SMILES string of the molecule is Cc1ccccc1S(=O)(=O)NCC[C@H]1CC[C@H](NC(=O)Nc2cccc(Cl)c2)[C@@H](CO)O1. The fourth-order valence-electron chi connectivity index (χ4n) is 3.70. The number of ether oxygens (including phenoxy) is 1. The second-order valence-electron chi connectivity index (χ2n) is 7.72. The number of aryl methyl sites for hydroxylation is 1. The largest absolute Gasteiger partial charge is 0.394 e. The van der Waals surface area contributed by atoms with Crippen molar-refractivity contribution in [1.29, 1.82) is 0 Å². The van der Waals surface area contributed by atoms with Crippen LogP contribution in [0, 0.1) is 6.92 Å². The smallest absolute Gasteiger partial charge is 0.319 e. The predicted molar refractivity (Wildman–Crippen MR) is 123 cm³/mol. The molecule has 2 amide bonds. The summed E-state index contributed by atoms with van der Waals surface area (Å²) in [5.41, 5.74) is 1.24. The Bertz CT molecular complexity index is 1030. The molecule has 10 heteroatoms. The van der Waals surface area contributed by atoms with E-state index in [1.165, 1.54) is 0 Å². The van der Waals surface area contributed by atoms with Crippen LogP contribution in [0.3, 0.4) is 0 Å². The zero-order valence-corrected chi connectivity index (χ0v) is 19.3. The molecule has 1 aliphatic heterocycles. The maximum atomic E-state index is 12.5. The molecule has 0 aromatic heterocycles. The Morgan fingerprint density at radius 3 is 2.69 bits per heavy atom. The lowest BCUT2D eigenvalue weighted by atomic mass is 9.97. The Morgan fingerprint density at radius 2 is 1.97 bits per heavy atom. The van der Waals surface area contributed by atoms with Gasteiger partial charge >= 0.3 is 6.03 Å². The Balaban J connectivity index is 1.47. The van der Waals surface area contributed by atoms with Crippen LogP contribution in [0.4, 0.5) is 10.5 Å². The zero-order chi connectivity index (χ0) is 23.1. The number of rotatable bonds is 8. The van der Waals surface area contributed by atoms with Gasteiger partial charge < -0.3 is 20.5 Å². The first kappa shape index (κ1) is 24.5. The molecule has 174 valence electrons. The minimum atomic E-state index is -3.60. The Kier molecular flexibility index (Phi) is 8.50. The molecule has 0 spiro atoms. The fourth-order valence-corrected chi connectivity index (χ4v) is 5.18. The maximum absolute atomic E-state index is 12.5. The highest BCUT2D eigenvalue weighted by atomic mass is 35.5. The number of halogens is 1. The number of carbonyl (C=O) groups excluding carboxylic acids is 1. The molecular formula is C22H28ClN3O5S. The van der Waals surface area contributed by atoms with Gasteiger partial charge in [0.1, 0.15) is 6.10 Å². The molecule has 1 fully saturated rings. The number of nitrogens with one attached hydrogen (secondary N) is 3. The van der Waals surface area contributed by atoms with Gasteiger partial charge in [0.25, 0.3) is 0 Å². The predicted octanol–water partition coefficient (Wildman–Crippen LogP) is 3.05. The average Bonchev–Trinajstić information content (AvgIpc) is 2.74. The molecule has 8 nitrogen and oxygen atoms in total. The molecule has 1 heterocycles. The lowest BCUT2D eigenvalue weighted by Crippen LogP contribution is -2.52. The molecule has 3 rings (SSSR count). The molecule has 2 aromatic rings. The normalized spacial score (nSPS) is 21.2. The second kappa shape index (κ2) is 11.1. The highest BCUT2D eigenvalue weighted by molar-refractivity contribution is 7.89. The third-order valence-electron chi connectivity index (χ3n) is 5.34. The highest BCUT2D eigenvalue weighted by Gasteiger charge is 2.32. The van der Waals surface area contributed by atoms with Crippen molar-refractivity contribution < 1.29 is 23.1 Å². The molecule has 1 saturated heterocycles. The molecule has 1 aliphatic rings. The van der Waals surface area contributed by atoms with Gasteiger partial charge in [-0.3, -0.25) is 0 Å². The quantitative estimate of drug-likeness (QED) is 0.462. The number of aliphatic hydroxyl groups excluding tert-OH is 1. The van der Waals surface area contributed by atoms with Crippen LogP contribution in [0.25, 0.3) is 0 Å². The molecule has 0 saturated carbocycles. The van der Waals surface area contributed by atoms with E-state index < -0.39 is 22.2 Å². The minimum Gasteiger partial charge on any atom is -0.394 e. The van der Waals surface area contributed by atoms with E-state index in [9.17, 15) is 18.3 Å². The number of amides is 2. The summed E-state index contributed by atoms with van der Waals surface area (Å²) in [7, 11) is -3.60. The number of aliphatic hydroxyl groups is 1. The van der Waals surface area contributed by atoms with E-state index in [-0.39, 0.29) is 30.2 Å². The van der Waals surface area contributed by atoms with Gasteiger partial charge in [-0.1, -0.05) is 35.9 Å². The zero-order valence-electron chi connectivity index (χ0n) is 17.8. The molecule has 0 aliphatic carbocycles. The number of hydrogen-bond donors (Lipinski definition) is 4.